The van der Waals surface area contributed by atoms with Gasteiger partial charge in [-0.05, 0) is 55.8 Å². The van der Waals surface area contributed by atoms with Crippen molar-refractivity contribution in [3.63, 3.8) is 0 Å². The maximum atomic E-state index is 13.4. The second-order valence-electron chi connectivity index (χ2n) is 9.27. The number of hydrogen-bond acceptors (Lipinski definition) is 6. The second kappa shape index (κ2) is 12.4. The summed E-state index contributed by atoms with van der Waals surface area (Å²) in [6.07, 6.45) is -3.43. The van der Waals surface area contributed by atoms with Crippen molar-refractivity contribution in [3.8, 4) is 5.75 Å². The van der Waals surface area contributed by atoms with Crippen molar-refractivity contribution in [2.45, 2.75) is 30.5 Å². The molecule has 0 atom stereocenters. The Morgan fingerprint density at radius 3 is 2.29 bits per heavy atom. The summed E-state index contributed by atoms with van der Waals surface area (Å²) in [5.74, 6) is -2.57. The lowest BCUT2D eigenvalue weighted by Gasteiger charge is -2.45. The molecule has 2 aromatic carbocycles. The van der Waals surface area contributed by atoms with Crippen LogP contribution in [-0.4, -0.2) is 81.4 Å². The Morgan fingerprint density at radius 2 is 1.71 bits per heavy atom. The number of nitrogens with zero attached hydrogens (tertiary/aromatic N) is 2. The van der Waals surface area contributed by atoms with Crippen molar-refractivity contribution < 1.29 is 45.4 Å². The molecule has 0 amide bonds. The van der Waals surface area contributed by atoms with E-state index in [1.807, 2.05) is 12.1 Å². The van der Waals surface area contributed by atoms with Gasteiger partial charge >= 0.3 is 12.1 Å². The quantitative estimate of drug-likeness (QED) is 0.555. The number of carboxylic acids is 1. The summed E-state index contributed by atoms with van der Waals surface area (Å²) < 4.78 is 84.5. The maximum absolute atomic E-state index is 13.4. The molecule has 8 nitrogen and oxygen atoms in total. The highest BCUT2D eigenvalue weighted by molar-refractivity contribution is 7.89. The van der Waals surface area contributed by atoms with Crippen molar-refractivity contribution >= 4 is 16.0 Å². The molecule has 13 heteroatoms. The number of fused-ring (bicyclic) bond motifs is 1. The van der Waals surface area contributed by atoms with E-state index in [-0.39, 0.29) is 16.1 Å². The normalized spacial score (nSPS) is 19.3. The fourth-order valence-corrected chi connectivity index (χ4v) is 6.05. The fourth-order valence-electron chi connectivity index (χ4n) is 4.39. The van der Waals surface area contributed by atoms with E-state index in [1.165, 1.54) is 12.1 Å². The number of carbonyl (C=O) groups is 1. The molecule has 1 saturated heterocycles. The summed E-state index contributed by atoms with van der Waals surface area (Å²) in [6, 6.07) is 13.5. The first kappa shape index (κ1) is 29.8. The van der Waals surface area contributed by atoms with Gasteiger partial charge in [0.15, 0.2) is 0 Å². The first-order valence-electron chi connectivity index (χ1n) is 11.8. The molecule has 2 aliphatic rings. The highest BCUT2D eigenvalue weighted by atomic mass is 32.2. The Bertz CT molecular complexity index is 1180. The van der Waals surface area contributed by atoms with Gasteiger partial charge in [0, 0.05) is 32.2 Å². The van der Waals surface area contributed by atoms with Crippen LogP contribution in [0.1, 0.15) is 18.4 Å². The van der Waals surface area contributed by atoms with E-state index in [2.05, 4.69) is 4.90 Å². The van der Waals surface area contributed by atoms with Crippen molar-refractivity contribution in [1.29, 1.82) is 0 Å². The van der Waals surface area contributed by atoms with Gasteiger partial charge in [-0.3, -0.25) is 4.90 Å². The Hall–Kier alpha value is -2.74. The average molecular weight is 563 g/mol. The summed E-state index contributed by atoms with van der Waals surface area (Å²) in [5, 5.41) is 7.12. The van der Waals surface area contributed by atoms with E-state index in [1.54, 1.807) is 35.7 Å². The summed E-state index contributed by atoms with van der Waals surface area (Å²) in [5.41, 5.74) is 0.817. The van der Waals surface area contributed by atoms with Gasteiger partial charge in [-0.15, -0.1) is 0 Å². The zero-order valence-corrected chi connectivity index (χ0v) is 21.6. The maximum Gasteiger partial charge on any atom is 0.490 e. The molecule has 1 fully saturated rings. The molecule has 0 bridgehead atoms. The first-order chi connectivity index (χ1) is 17.9. The number of halogens is 4. The van der Waals surface area contributed by atoms with Crippen LogP contribution in [0.15, 0.2) is 53.4 Å². The summed E-state index contributed by atoms with van der Waals surface area (Å²) >= 11 is 0. The smallest absolute Gasteiger partial charge is 0.490 e. The van der Waals surface area contributed by atoms with Crippen LogP contribution in [0.25, 0.3) is 0 Å². The monoisotopic (exact) mass is 562 g/mol. The molecule has 4 rings (SSSR count). The van der Waals surface area contributed by atoms with Crippen molar-refractivity contribution in [2.75, 3.05) is 46.5 Å². The van der Waals surface area contributed by atoms with Crippen LogP contribution < -0.4 is 4.74 Å². The molecule has 0 radical (unpaired) electrons. The van der Waals surface area contributed by atoms with Gasteiger partial charge in [0.2, 0.25) is 10.0 Å². The molecule has 1 N–H and O–H groups in total. The zero-order chi connectivity index (χ0) is 28.0. The highest BCUT2D eigenvalue weighted by Crippen LogP contribution is 2.39. The molecule has 2 heterocycles. The number of alkyl halides is 3. The number of para-hydroxylation sites is 1. The predicted molar refractivity (Wildman–Crippen MR) is 130 cm³/mol. The fraction of sp³-hybridized carbons (Fsp3) is 0.480. The largest absolute Gasteiger partial charge is 0.492 e. The lowest BCUT2D eigenvalue weighted by atomic mass is 9.78. The Labute approximate surface area is 218 Å². The Kier molecular flexibility index (Phi) is 9.74. The summed E-state index contributed by atoms with van der Waals surface area (Å²) in [6.45, 7) is 3.97. The van der Waals surface area contributed by atoms with E-state index in [0.29, 0.717) is 32.1 Å². The van der Waals surface area contributed by atoms with Crippen molar-refractivity contribution in [3.05, 3.63) is 59.9 Å². The van der Waals surface area contributed by atoms with Crippen LogP contribution in [-0.2, 0) is 26.1 Å². The van der Waals surface area contributed by atoms with Gasteiger partial charge in [-0.25, -0.2) is 17.6 Å². The van der Waals surface area contributed by atoms with Gasteiger partial charge in [0.1, 0.15) is 16.5 Å². The molecular formula is C25H30F4N2O6S. The summed E-state index contributed by atoms with van der Waals surface area (Å²) in [7, 11) is -2.10. The minimum absolute atomic E-state index is 0.217. The molecule has 0 aromatic heterocycles. The van der Waals surface area contributed by atoms with Crippen LogP contribution in [0.4, 0.5) is 17.6 Å². The third kappa shape index (κ3) is 7.65. The number of ether oxygens (including phenoxy) is 2. The Morgan fingerprint density at radius 1 is 1.11 bits per heavy atom. The molecule has 0 unspecified atom stereocenters. The number of benzene rings is 2. The minimum Gasteiger partial charge on any atom is -0.492 e. The molecule has 38 heavy (non-hydrogen) atoms. The Balaban J connectivity index is 0.000000505. The number of sulfonamides is 1. The molecule has 0 saturated carbocycles. The number of likely N-dealkylation sites (tertiary alicyclic amines) is 1. The number of hydrogen-bond donors (Lipinski definition) is 1. The minimum atomic E-state index is -5.08. The van der Waals surface area contributed by atoms with Crippen LogP contribution in [0.5, 0.6) is 5.75 Å². The van der Waals surface area contributed by atoms with Crippen LogP contribution in [0.3, 0.4) is 0 Å². The van der Waals surface area contributed by atoms with Crippen LogP contribution in [0, 0.1) is 11.2 Å². The lowest BCUT2D eigenvalue weighted by molar-refractivity contribution is -0.192. The third-order valence-corrected chi connectivity index (χ3v) is 8.42. The molecule has 0 aliphatic carbocycles. The van der Waals surface area contributed by atoms with E-state index in [0.717, 1.165) is 38.0 Å². The third-order valence-electron chi connectivity index (χ3n) is 6.54. The number of methoxy groups -OCH3 is 1. The number of piperidine rings is 1. The topological polar surface area (TPSA) is 96.4 Å². The SMILES string of the molecule is COCCN1CC2(CCN(Cc3ccc(F)cc3)CC2)COc2ccccc2S1(=O)=O.O=C(O)C(F)(F)F. The van der Waals surface area contributed by atoms with Gasteiger partial charge in [0.05, 0.1) is 13.2 Å². The molecule has 1 spiro atoms. The van der Waals surface area contributed by atoms with E-state index >= 15 is 0 Å². The number of aliphatic carboxylic acids is 1. The molecular weight excluding hydrogens is 532 g/mol. The summed E-state index contributed by atoms with van der Waals surface area (Å²) in [4.78, 5) is 11.4. The second-order valence-corrected chi connectivity index (χ2v) is 11.2. The zero-order valence-electron chi connectivity index (χ0n) is 20.8. The number of rotatable bonds is 5. The predicted octanol–water partition coefficient (Wildman–Crippen LogP) is 3.77. The first-order valence-corrected chi connectivity index (χ1v) is 13.3. The average Bonchev–Trinajstić information content (AvgIpc) is 2.87. The van der Waals surface area contributed by atoms with Crippen LogP contribution in [0.2, 0.25) is 0 Å². The van der Waals surface area contributed by atoms with Gasteiger partial charge in [0.25, 0.3) is 0 Å². The molecule has 210 valence electrons. The molecule has 2 aliphatic heterocycles. The number of carboxylic acid groups (broad SMARTS) is 1. The van der Waals surface area contributed by atoms with Crippen LogP contribution >= 0.6 is 0 Å². The van der Waals surface area contributed by atoms with Crippen molar-refractivity contribution in [1.82, 2.24) is 9.21 Å². The van der Waals surface area contributed by atoms with E-state index in [9.17, 15) is 26.0 Å². The van der Waals surface area contributed by atoms with E-state index in [4.69, 9.17) is 19.4 Å². The van der Waals surface area contributed by atoms with E-state index < -0.39 is 22.2 Å². The van der Waals surface area contributed by atoms with Gasteiger partial charge in [-0.1, -0.05) is 24.3 Å². The van der Waals surface area contributed by atoms with Crippen molar-refractivity contribution in [2.24, 2.45) is 5.41 Å². The standard InChI is InChI=1S/C23H29FN2O4S.C2HF3O2/c1-29-15-14-26-17-23(18-30-21-4-2-3-5-22(21)31(26,27)28)10-12-25(13-11-23)16-19-6-8-20(24)9-7-19;3-2(4,5)1(6)7/h2-9H,10-18H2,1H3;(H,6,7). The highest BCUT2D eigenvalue weighted by Gasteiger charge is 2.42. The lowest BCUT2D eigenvalue weighted by Crippen LogP contribution is -2.51. The molecule has 2 aromatic rings. The van der Waals surface area contributed by atoms with Gasteiger partial charge in [-0.2, -0.15) is 17.5 Å². The van der Waals surface area contributed by atoms with Gasteiger partial charge < -0.3 is 14.6 Å².